The molecule has 1 aromatic rings. The van der Waals surface area contributed by atoms with Crippen molar-refractivity contribution in [1.82, 2.24) is 19.1 Å². The third kappa shape index (κ3) is 34.7. The van der Waals surface area contributed by atoms with Gasteiger partial charge in [-0.1, -0.05) is 368 Å². The van der Waals surface area contributed by atoms with Crippen LogP contribution in [-0.4, -0.2) is 63.9 Å². The molecule has 2 aliphatic heterocycles. The molecule has 0 amide bonds. The van der Waals surface area contributed by atoms with Crippen LogP contribution in [0, 0.1) is 13.8 Å². The first-order chi connectivity index (χ1) is 44.5. The molecule has 528 valence electrons. The summed E-state index contributed by atoms with van der Waals surface area (Å²) >= 11 is 0. The number of nitrogens with zero attached hydrogens (tertiary/aromatic N) is 4. The molecule has 0 aliphatic carbocycles. The molecule has 0 fully saturated rings. The predicted octanol–water partition coefficient (Wildman–Crippen LogP) is 22.5. The fourth-order valence-electron chi connectivity index (χ4n) is 14.6. The number of rotatable bonds is 65. The number of hydrogen-bond donors (Lipinski definition) is 4. The van der Waals surface area contributed by atoms with Crippen LogP contribution in [0.4, 0.5) is 0 Å². The largest absolute Gasteiger partial charge is 0.394 e. The van der Waals surface area contributed by atoms with Crippen LogP contribution in [0.1, 0.15) is 416 Å². The molecule has 3 rings (SSSR count). The van der Waals surface area contributed by atoms with Crippen LogP contribution in [0.25, 0.3) is 22.6 Å². The predicted molar refractivity (Wildman–Crippen MR) is 391 cm³/mol. The summed E-state index contributed by atoms with van der Waals surface area (Å²) < 4.78 is 3.16. The number of aryl methyl sites for hydroxylation is 2. The van der Waals surface area contributed by atoms with E-state index in [0.29, 0.717) is 12.8 Å². The van der Waals surface area contributed by atoms with Crippen LogP contribution in [0.5, 0.6) is 0 Å². The number of aromatic nitrogens is 4. The minimum absolute atomic E-state index is 0.112. The van der Waals surface area contributed by atoms with Crippen LogP contribution in [-0.2, 0) is 25.9 Å². The highest BCUT2D eigenvalue weighted by Crippen LogP contribution is 2.37. The molecule has 2 aliphatic rings. The van der Waals surface area contributed by atoms with E-state index in [9.17, 15) is 25.2 Å². The van der Waals surface area contributed by atoms with Crippen molar-refractivity contribution >= 4 is 11.0 Å². The third-order valence-corrected chi connectivity index (χ3v) is 20.9. The summed E-state index contributed by atoms with van der Waals surface area (Å²) in [5.74, 6) is 0.123. The van der Waals surface area contributed by atoms with Crippen LogP contribution < -0.4 is 11.2 Å². The van der Waals surface area contributed by atoms with E-state index in [2.05, 4.69) is 41.5 Å². The number of aliphatic hydroxyl groups excluding tert-OH is 3. The Morgan fingerprint density at radius 2 is 0.681 bits per heavy atom. The Balaban J connectivity index is 1.99. The minimum Gasteiger partial charge on any atom is -0.394 e. The molecular weight excluding hydrogens is 1120 g/mol. The Bertz CT molecular complexity index is 2290. The second-order valence-corrected chi connectivity index (χ2v) is 29.1. The van der Waals surface area contributed by atoms with E-state index in [1.54, 1.807) is 0 Å². The molecule has 0 saturated carbocycles. The first kappa shape index (κ1) is 82.6. The van der Waals surface area contributed by atoms with Crippen LogP contribution in [0.3, 0.4) is 0 Å². The fourth-order valence-corrected chi connectivity index (χ4v) is 14.6. The molecule has 0 spiro atoms. The van der Waals surface area contributed by atoms with Gasteiger partial charge in [0.1, 0.15) is 17.8 Å². The van der Waals surface area contributed by atoms with Crippen molar-refractivity contribution < 1.29 is 20.4 Å². The first-order valence-corrected chi connectivity index (χ1v) is 40.2. The summed E-state index contributed by atoms with van der Waals surface area (Å²) in [6.07, 6.45) is 67.7. The highest BCUT2D eigenvalue weighted by molar-refractivity contribution is 5.88. The quantitative estimate of drug-likeness (QED) is 0.0322. The second-order valence-electron chi connectivity index (χ2n) is 29.1. The highest BCUT2D eigenvalue weighted by atomic mass is 16.4. The SMILES string of the molecule is CCCCCCCCCCCCCCCCc1c(C)c(C)c(CCCCCCCCCCCCCCCC)c2c1nc1c(=O)n(CCCCCCCCCCCCCCCC)c(=O)nc-1n2CC(O)(CCCCCCCCCCCCCCCC)C(O)C(O)CO. The number of aliphatic hydroxyl groups is 4. The second kappa shape index (κ2) is 54.5. The summed E-state index contributed by atoms with van der Waals surface area (Å²) in [6, 6.07) is 0. The van der Waals surface area contributed by atoms with Gasteiger partial charge in [-0.2, -0.15) is 4.98 Å². The van der Waals surface area contributed by atoms with Crippen molar-refractivity contribution in [2.24, 2.45) is 0 Å². The molecular formula is C81H148N4O6. The van der Waals surface area contributed by atoms with Crippen LogP contribution >= 0.6 is 0 Å². The average Bonchev–Trinajstić information content (AvgIpc) is 0.728. The van der Waals surface area contributed by atoms with Crippen molar-refractivity contribution in [2.45, 2.75) is 451 Å². The minimum atomic E-state index is -1.93. The number of hydrogen-bond acceptors (Lipinski definition) is 8. The van der Waals surface area contributed by atoms with Crippen molar-refractivity contribution in [3.63, 3.8) is 0 Å². The maximum Gasteiger partial charge on any atom is 0.352 e. The smallest absolute Gasteiger partial charge is 0.352 e. The van der Waals surface area contributed by atoms with Gasteiger partial charge in [0.15, 0.2) is 11.5 Å². The molecule has 91 heavy (non-hydrogen) atoms. The van der Waals surface area contributed by atoms with E-state index in [-0.39, 0.29) is 31.0 Å². The van der Waals surface area contributed by atoms with E-state index in [1.165, 1.54) is 286 Å². The third-order valence-electron chi connectivity index (χ3n) is 20.9. The Hall–Kier alpha value is -2.66. The standard InChI is InChI=1S/C81H148N4O6/c1-7-11-15-19-23-27-31-35-39-43-47-51-55-59-63-71-69(5)70(6)72(64-60-56-52-48-44-40-36-32-28-24-20-16-12-8-2)76-74(71)82-75-78(83-80(90)84(79(75)89)66-62-58-54-50-46-42-38-34-30-26-22-18-14-10-4)85(76)68-81(91,77(88)73(87)67-86)65-61-57-53-49-45-41-37-33-29-25-21-17-13-9-3/h73,77,86-88,91H,7-68H2,1-6H3. The van der Waals surface area contributed by atoms with E-state index in [1.807, 2.05) is 4.57 Å². The Morgan fingerprint density at radius 1 is 0.385 bits per heavy atom. The lowest BCUT2D eigenvalue weighted by atomic mass is 9.85. The lowest BCUT2D eigenvalue weighted by Gasteiger charge is -2.37. The van der Waals surface area contributed by atoms with Crippen molar-refractivity contribution in [1.29, 1.82) is 0 Å². The molecule has 3 unspecified atom stereocenters. The lowest BCUT2D eigenvalue weighted by molar-refractivity contribution is -0.145. The lowest BCUT2D eigenvalue weighted by Crippen LogP contribution is -2.53. The Labute approximate surface area is 560 Å². The van der Waals surface area contributed by atoms with Gasteiger partial charge in [-0.15, -0.1) is 0 Å². The summed E-state index contributed by atoms with van der Waals surface area (Å²) in [7, 11) is 0. The van der Waals surface area contributed by atoms with Gasteiger partial charge < -0.3 is 25.0 Å². The summed E-state index contributed by atoms with van der Waals surface area (Å²) in [5, 5.41) is 46.8. The van der Waals surface area contributed by atoms with Gasteiger partial charge >= 0.3 is 5.69 Å². The molecule has 3 atom stereocenters. The van der Waals surface area contributed by atoms with E-state index < -0.39 is 35.7 Å². The molecule has 1 aromatic carbocycles. The summed E-state index contributed by atoms with van der Waals surface area (Å²) in [4.78, 5) is 39.8. The van der Waals surface area contributed by atoms with Crippen molar-refractivity contribution in [2.75, 3.05) is 6.61 Å². The normalized spacial score (nSPS) is 13.3. The van der Waals surface area contributed by atoms with E-state index in [0.717, 1.165) is 111 Å². The topological polar surface area (TPSA) is 151 Å². The van der Waals surface area contributed by atoms with E-state index >= 15 is 4.79 Å². The first-order valence-electron chi connectivity index (χ1n) is 40.2. The fraction of sp³-hybridized carbons (Fsp3) is 0.877. The molecule has 2 heterocycles. The molecule has 0 radical (unpaired) electrons. The number of fused-ring (bicyclic) bond motifs is 2. The van der Waals surface area contributed by atoms with Gasteiger partial charge in [0.2, 0.25) is 0 Å². The van der Waals surface area contributed by atoms with Crippen molar-refractivity contribution in [3.8, 4) is 11.5 Å². The molecule has 10 nitrogen and oxygen atoms in total. The van der Waals surface area contributed by atoms with Gasteiger partial charge in [0.05, 0.1) is 24.2 Å². The number of benzene rings is 1. The van der Waals surface area contributed by atoms with Gasteiger partial charge in [0, 0.05) is 6.54 Å². The summed E-state index contributed by atoms with van der Waals surface area (Å²) in [5.41, 5.74) is 3.14. The Morgan fingerprint density at radius 3 is 1.02 bits per heavy atom. The molecule has 0 bridgehead atoms. The maximum absolute atomic E-state index is 15.1. The van der Waals surface area contributed by atoms with E-state index in [4.69, 9.17) is 9.97 Å². The zero-order chi connectivity index (χ0) is 65.8. The maximum atomic E-state index is 15.1. The van der Waals surface area contributed by atoms with Gasteiger partial charge in [-0.3, -0.25) is 9.36 Å². The zero-order valence-corrected chi connectivity index (χ0v) is 60.9. The Kier molecular flexibility index (Phi) is 49.4. The molecule has 10 heteroatoms. The zero-order valence-electron chi connectivity index (χ0n) is 60.9. The highest BCUT2D eigenvalue weighted by Gasteiger charge is 2.42. The molecule has 0 saturated heterocycles. The monoisotopic (exact) mass is 1270 g/mol. The van der Waals surface area contributed by atoms with Gasteiger partial charge in [-0.05, 0) is 74.6 Å². The van der Waals surface area contributed by atoms with Crippen molar-refractivity contribution in [3.05, 3.63) is 43.1 Å². The van der Waals surface area contributed by atoms with Crippen LogP contribution in [0.2, 0.25) is 0 Å². The average molecular weight is 1270 g/mol. The summed E-state index contributed by atoms with van der Waals surface area (Å²) in [6.45, 7) is 12.9. The number of unbranched alkanes of at least 4 members (excludes halogenated alkanes) is 52. The van der Waals surface area contributed by atoms with Crippen LogP contribution in [0.15, 0.2) is 9.59 Å². The van der Waals surface area contributed by atoms with Gasteiger partial charge in [-0.25, -0.2) is 9.78 Å². The molecule has 4 N–H and O–H groups in total. The van der Waals surface area contributed by atoms with Gasteiger partial charge in [0.25, 0.3) is 5.56 Å². The molecule has 0 aromatic heterocycles.